The molecule has 3 rings (SSSR count). The highest BCUT2D eigenvalue weighted by Gasteiger charge is 2.49. The van der Waals surface area contributed by atoms with Crippen LogP contribution in [0.1, 0.15) is 18.1 Å². The van der Waals surface area contributed by atoms with E-state index in [2.05, 4.69) is 10.1 Å². The van der Waals surface area contributed by atoms with Gasteiger partial charge in [-0.2, -0.15) is 8.78 Å². The van der Waals surface area contributed by atoms with Crippen LogP contribution in [0.4, 0.5) is 13.6 Å². The highest BCUT2D eigenvalue weighted by molar-refractivity contribution is 6.31. The van der Waals surface area contributed by atoms with Gasteiger partial charge >= 0.3 is 12.6 Å². The monoisotopic (exact) mass is 454 g/mol. The Labute approximate surface area is 182 Å². The third-order valence-corrected chi connectivity index (χ3v) is 5.22. The number of benzene rings is 2. The first kappa shape index (κ1) is 22.9. The number of aliphatic hydroxyl groups is 1. The van der Waals surface area contributed by atoms with Crippen LogP contribution >= 0.6 is 11.6 Å². The van der Waals surface area contributed by atoms with Crippen LogP contribution in [0.3, 0.4) is 0 Å². The number of ether oxygens (including phenoxy) is 2. The molecule has 2 aromatic rings. The van der Waals surface area contributed by atoms with E-state index < -0.39 is 30.2 Å². The molecule has 0 saturated carbocycles. The molecule has 0 aliphatic carbocycles. The summed E-state index contributed by atoms with van der Waals surface area (Å²) < 4.78 is 34.4. The van der Waals surface area contributed by atoms with Crippen molar-refractivity contribution in [1.29, 1.82) is 0 Å². The molecule has 2 unspecified atom stereocenters. The number of hydrogen-bond acceptors (Lipinski definition) is 5. The van der Waals surface area contributed by atoms with Gasteiger partial charge in [-0.3, -0.25) is 9.69 Å². The minimum absolute atomic E-state index is 0.0675. The van der Waals surface area contributed by atoms with E-state index in [1.807, 2.05) is 0 Å². The summed E-state index contributed by atoms with van der Waals surface area (Å²) in [6, 6.07) is 11.8. The van der Waals surface area contributed by atoms with Gasteiger partial charge in [0.1, 0.15) is 11.3 Å². The van der Waals surface area contributed by atoms with Crippen LogP contribution in [0.15, 0.2) is 48.5 Å². The van der Waals surface area contributed by atoms with E-state index in [0.717, 1.165) is 10.5 Å². The molecule has 3 amide bonds. The minimum atomic E-state index is -2.97. The van der Waals surface area contributed by atoms with Crippen LogP contribution < -0.4 is 10.1 Å². The molecule has 1 fully saturated rings. The number of rotatable bonds is 9. The van der Waals surface area contributed by atoms with E-state index in [9.17, 15) is 23.5 Å². The van der Waals surface area contributed by atoms with Crippen molar-refractivity contribution in [1.82, 2.24) is 10.2 Å². The maximum absolute atomic E-state index is 12.9. The molecular formula is C21H21ClF2N2O5. The van der Waals surface area contributed by atoms with Crippen molar-refractivity contribution in [3.8, 4) is 5.75 Å². The Morgan fingerprint density at radius 2 is 1.84 bits per heavy atom. The molecule has 0 radical (unpaired) electrons. The lowest BCUT2D eigenvalue weighted by atomic mass is 9.92. The average Bonchev–Trinajstić information content (AvgIpc) is 2.93. The number of imide groups is 1. The van der Waals surface area contributed by atoms with Gasteiger partial charge in [-0.05, 0) is 36.2 Å². The smallest absolute Gasteiger partial charge is 0.387 e. The molecule has 2 atom stereocenters. The summed E-state index contributed by atoms with van der Waals surface area (Å²) in [5.41, 5.74) is -0.267. The number of hydrogen-bond donors (Lipinski definition) is 2. The van der Waals surface area contributed by atoms with Crippen molar-refractivity contribution in [3.05, 3.63) is 64.7 Å². The fourth-order valence-corrected chi connectivity index (χ4v) is 3.40. The zero-order valence-corrected chi connectivity index (χ0v) is 17.3. The normalized spacial score (nSPS) is 19.6. The second-order valence-corrected chi connectivity index (χ2v) is 7.54. The lowest BCUT2D eigenvalue weighted by Crippen LogP contribution is -2.42. The average molecular weight is 455 g/mol. The van der Waals surface area contributed by atoms with E-state index in [1.165, 1.54) is 31.2 Å². The maximum Gasteiger partial charge on any atom is 0.387 e. The summed E-state index contributed by atoms with van der Waals surface area (Å²) >= 11 is 6.05. The summed E-state index contributed by atoms with van der Waals surface area (Å²) in [5.74, 6) is -0.646. The van der Waals surface area contributed by atoms with Crippen molar-refractivity contribution in [2.45, 2.75) is 31.8 Å². The van der Waals surface area contributed by atoms with Crippen molar-refractivity contribution in [2.75, 3.05) is 13.2 Å². The third-order valence-electron chi connectivity index (χ3n) is 4.85. The van der Waals surface area contributed by atoms with Gasteiger partial charge in [-0.25, -0.2) is 4.79 Å². The molecular weight excluding hydrogens is 434 g/mol. The van der Waals surface area contributed by atoms with Crippen LogP contribution in [0.2, 0.25) is 5.02 Å². The van der Waals surface area contributed by atoms with Crippen LogP contribution in [0.25, 0.3) is 0 Å². The van der Waals surface area contributed by atoms with Gasteiger partial charge in [0, 0.05) is 5.02 Å². The number of halogens is 3. The molecule has 31 heavy (non-hydrogen) atoms. The quantitative estimate of drug-likeness (QED) is 0.568. The van der Waals surface area contributed by atoms with Gasteiger partial charge in [0.25, 0.3) is 5.91 Å². The van der Waals surface area contributed by atoms with E-state index in [-0.39, 0.29) is 25.5 Å². The molecule has 10 heteroatoms. The maximum atomic E-state index is 12.9. The molecule has 1 heterocycles. The number of β-amino-alcohol motifs (C(OH)–C–C–N with tert-alkyl or cyclic N) is 1. The van der Waals surface area contributed by atoms with E-state index >= 15 is 0 Å². The first-order valence-corrected chi connectivity index (χ1v) is 9.77. The summed E-state index contributed by atoms with van der Waals surface area (Å²) in [6.45, 7) is -1.68. The summed E-state index contributed by atoms with van der Waals surface area (Å²) in [4.78, 5) is 26.2. The predicted molar refractivity (Wildman–Crippen MR) is 108 cm³/mol. The highest BCUT2D eigenvalue weighted by Crippen LogP contribution is 2.30. The number of carbonyl (C=O) groups excluding carboxylic acids is 2. The second-order valence-electron chi connectivity index (χ2n) is 7.13. The Morgan fingerprint density at radius 1 is 1.16 bits per heavy atom. The molecule has 0 aromatic heterocycles. The first-order chi connectivity index (χ1) is 14.7. The summed E-state index contributed by atoms with van der Waals surface area (Å²) in [5, 5.41) is 13.3. The summed E-state index contributed by atoms with van der Waals surface area (Å²) in [6.07, 6.45) is -1.11. The summed E-state index contributed by atoms with van der Waals surface area (Å²) in [7, 11) is 0. The van der Waals surface area contributed by atoms with Crippen molar-refractivity contribution in [3.63, 3.8) is 0 Å². The molecule has 1 saturated heterocycles. The molecule has 1 aliphatic heterocycles. The zero-order chi connectivity index (χ0) is 22.6. The molecule has 0 bridgehead atoms. The fourth-order valence-electron chi connectivity index (χ4n) is 3.21. The van der Waals surface area contributed by atoms with Gasteiger partial charge in [0.05, 0.1) is 25.9 Å². The Morgan fingerprint density at radius 3 is 2.48 bits per heavy atom. The Balaban J connectivity index is 1.59. The number of carbonyl (C=O) groups is 2. The van der Waals surface area contributed by atoms with Crippen molar-refractivity contribution >= 4 is 23.5 Å². The van der Waals surface area contributed by atoms with Crippen LogP contribution in [0, 0.1) is 0 Å². The minimum Gasteiger partial charge on any atom is -0.435 e. The van der Waals surface area contributed by atoms with E-state index in [0.29, 0.717) is 10.6 Å². The lowest BCUT2D eigenvalue weighted by molar-refractivity contribution is -0.132. The first-order valence-electron chi connectivity index (χ1n) is 9.39. The van der Waals surface area contributed by atoms with Crippen molar-refractivity contribution < 1.29 is 33.0 Å². The topological polar surface area (TPSA) is 88.1 Å². The van der Waals surface area contributed by atoms with Gasteiger partial charge < -0.3 is 19.9 Å². The Hall–Kier alpha value is -2.75. The van der Waals surface area contributed by atoms with Gasteiger partial charge in [0.15, 0.2) is 0 Å². The molecule has 166 valence electrons. The van der Waals surface area contributed by atoms with Crippen LogP contribution in [0.5, 0.6) is 5.75 Å². The fraction of sp³-hybridized carbons (Fsp3) is 0.333. The number of nitrogens with one attached hydrogen (secondary N) is 1. The number of urea groups is 1. The second kappa shape index (κ2) is 9.59. The number of alkyl halides is 2. The van der Waals surface area contributed by atoms with Crippen LogP contribution in [-0.2, 0) is 21.7 Å². The number of amides is 3. The highest BCUT2D eigenvalue weighted by atomic mass is 35.5. The standard InChI is InChI=1S/C21H21ClF2N2O5/c1-21(14-6-8-16(9-7-14)31-19(23)24)18(28)26(20(29)25-21)10-15(27)12-30-11-13-4-2-3-5-17(13)22/h2-9,15,19,27H,10-12H2,1H3,(H,25,29). The molecule has 2 aromatic carbocycles. The van der Waals surface area contributed by atoms with Crippen molar-refractivity contribution in [2.24, 2.45) is 0 Å². The van der Waals surface area contributed by atoms with E-state index in [1.54, 1.807) is 24.3 Å². The third kappa shape index (κ3) is 5.30. The molecule has 0 spiro atoms. The molecule has 2 N–H and O–H groups in total. The Bertz CT molecular complexity index is 944. The SMILES string of the molecule is CC1(c2ccc(OC(F)F)cc2)NC(=O)N(CC(O)COCc2ccccc2Cl)C1=O. The predicted octanol–water partition coefficient (Wildman–Crippen LogP) is 3.29. The lowest BCUT2D eigenvalue weighted by Gasteiger charge is -2.23. The number of nitrogens with zero attached hydrogens (tertiary/aromatic N) is 1. The van der Waals surface area contributed by atoms with Crippen LogP contribution in [-0.4, -0.2) is 47.8 Å². The number of aliphatic hydroxyl groups excluding tert-OH is 1. The molecule has 1 aliphatic rings. The van der Waals surface area contributed by atoms with Gasteiger partial charge in [0.2, 0.25) is 0 Å². The molecule has 7 nitrogen and oxygen atoms in total. The zero-order valence-electron chi connectivity index (χ0n) is 16.6. The van der Waals surface area contributed by atoms with Gasteiger partial charge in [-0.1, -0.05) is 41.9 Å². The van der Waals surface area contributed by atoms with Gasteiger partial charge in [-0.15, -0.1) is 0 Å². The largest absolute Gasteiger partial charge is 0.435 e. The Kier molecular flexibility index (Phi) is 7.09. The van der Waals surface area contributed by atoms with E-state index in [4.69, 9.17) is 16.3 Å².